The number of nitrogens with two attached hydrogens (primary N) is 1. The van der Waals surface area contributed by atoms with Crippen molar-refractivity contribution in [2.24, 2.45) is 0 Å². The molecule has 1 aromatic carbocycles. The Balaban J connectivity index is 0.000000980. The van der Waals surface area contributed by atoms with Crippen molar-refractivity contribution >= 4 is 16.5 Å². The molecule has 0 amide bonds. The average Bonchev–Trinajstić information content (AvgIpc) is 2.12. The summed E-state index contributed by atoms with van der Waals surface area (Å²) in [5, 5.41) is 4.98. The van der Waals surface area contributed by atoms with E-state index in [-0.39, 0.29) is 22.0 Å². The number of hydrogen-bond acceptors (Lipinski definition) is 3. The van der Waals surface area contributed by atoms with Gasteiger partial charge in [0.2, 0.25) is 0 Å². The number of rotatable bonds is 0. The molecular formula is C8H9N3O3. The van der Waals surface area contributed by atoms with Gasteiger partial charge in [-0.15, -0.1) is 0 Å². The predicted octanol–water partition coefficient (Wildman–Crippen LogP) is -1.03. The van der Waals surface area contributed by atoms with Crippen molar-refractivity contribution in [3.05, 3.63) is 38.9 Å². The summed E-state index contributed by atoms with van der Waals surface area (Å²) in [7, 11) is 0. The van der Waals surface area contributed by atoms with Crippen LogP contribution < -0.4 is 16.9 Å². The molecule has 0 aliphatic carbocycles. The second kappa shape index (κ2) is 3.35. The second-order valence-electron chi connectivity index (χ2n) is 2.68. The number of aromatic nitrogens is 2. The third kappa shape index (κ3) is 1.27. The molecule has 2 rings (SSSR count). The fourth-order valence-corrected chi connectivity index (χ4v) is 1.26. The van der Waals surface area contributed by atoms with Crippen molar-refractivity contribution in [2.45, 2.75) is 0 Å². The molecule has 14 heavy (non-hydrogen) atoms. The maximum Gasteiger partial charge on any atom is 0.272 e. The van der Waals surface area contributed by atoms with Crippen LogP contribution in [0, 0.1) is 0 Å². The zero-order valence-corrected chi connectivity index (χ0v) is 7.13. The molecule has 0 saturated carbocycles. The van der Waals surface area contributed by atoms with Crippen molar-refractivity contribution in [3.63, 3.8) is 0 Å². The van der Waals surface area contributed by atoms with Gasteiger partial charge < -0.3 is 11.2 Å². The van der Waals surface area contributed by atoms with Gasteiger partial charge in [-0.1, -0.05) is 6.07 Å². The maximum atomic E-state index is 11.2. The Morgan fingerprint density at radius 3 is 2.36 bits per heavy atom. The standard InChI is InChI=1S/C8H7N3O2.H2O/c9-5-3-1-2-4-6(5)8(13)11-10-7(4)12;/h1-3H,9H2,(H,10,12)(H,11,13);1H2. The zero-order chi connectivity index (χ0) is 9.42. The van der Waals surface area contributed by atoms with Crippen molar-refractivity contribution in [2.75, 3.05) is 5.73 Å². The lowest BCUT2D eigenvalue weighted by Gasteiger charge is -1.97. The number of anilines is 1. The first-order valence-corrected chi connectivity index (χ1v) is 3.69. The van der Waals surface area contributed by atoms with Crippen LogP contribution in [0.15, 0.2) is 27.8 Å². The van der Waals surface area contributed by atoms with Crippen LogP contribution in [0.1, 0.15) is 0 Å². The van der Waals surface area contributed by atoms with E-state index in [1.807, 2.05) is 0 Å². The SMILES string of the molecule is Nc1cccc2c(=O)[nH][nH]c(=O)c12.O. The fraction of sp³-hybridized carbons (Fsp3) is 0. The predicted molar refractivity (Wildman–Crippen MR) is 53.2 cm³/mol. The van der Waals surface area contributed by atoms with Crippen LogP contribution in [0.3, 0.4) is 0 Å². The van der Waals surface area contributed by atoms with E-state index >= 15 is 0 Å². The van der Waals surface area contributed by atoms with Gasteiger partial charge in [0.15, 0.2) is 0 Å². The van der Waals surface area contributed by atoms with Gasteiger partial charge in [-0.2, -0.15) is 0 Å². The fourth-order valence-electron chi connectivity index (χ4n) is 1.26. The minimum Gasteiger partial charge on any atom is -0.412 e. The van der Waals surface area contributed by atoms with Crippen molar-refractivity contribution in [1.82, 2.24) is 10.2 Å². The summed E-state index contributed by atoms with van der Waals surface area (Å²) in [4.78, 5) is 22.4. The first kappa shape index (κ1) is 10.0. The Labute approximate surface area is 77.7 Å². The number of nitrogen functional groups attached to an aromatic ring is 1. The number of fused-ring (bicyclic) bond motifs is 1. The minimum atomic E-state index is -0.382. The largest absolute Gasteiger partial charge is 0.412 e. The molecule has 0 fully saturated rings. The quantitative estimate of drug-likeness (QED) is 0.466. The van der Waals surface area contributed by atoms with E-state index in [4.69, 9.17) is 5.73 Å². The van der Waals surface area contributed by atoms with E-state index < -0.39 is 0 Å². The first-order chi connectivity index (χ1) is 6.20. The van der Waals surface area contributed by atoms with Crippen molar-refractivity contribution < 1.29 is 5.48 Å². The molecule has 74 valence electrons. The highest BCUT2D eigenvalue weighted by Crippen LogP contribution is 2.11. The van der Waals surface area contributed by atoms with Crippen molar-refractivity contribution in [3.8, 4) is 0 Å². The Morgan fingerprint density at radius 2 is 1.71 bits per heavy atom. The van der Waals surface area contributed by atoms with Gasteiger partial charge in [-0.25, -0.2) is 0 Å². The number of H-pyrrole nitrogens is 2. The highest BCUT2D eigenvalue weighted by atomic mass is 16.1. The topological polar surface area (TPSA) is 123 Å². The van der Waals surface area contributed by atoms with E-state index in [0.717, 1.165) is 0 Å². The number of nitrogens with one attached hydrogen (secondary N) is 2. The molecule has 6 heteroatoms. The summed E-state index contributed by atoms with van der Waals surface area (Å²) < 4.78 is 0. The van der Waals surface area contributed by atoms with E-state index in [0.29, 0.717) is 11.1 Å². The average molecular weight is 195 g/mol. The molecule has 0 atom stereocenters. The molecule has 0 aliphatic heterocycles. The first-order valence-electron chi connectivity index (χ1n) is 3.69. The third-order valence-corrected chi connectivity index (χ3v) is 1.86. The lowest BCUT2D eigenvalue weighted by Crippen LogP contribution is -2.19. The molecule has 1 heterocycles. The van der Waals surface area contributed by atoms with Gasteiger partial charge in [0, 0.05) is 5.69 Å². The van der Waals surface area contributed by atoms with E-state index in [2.05, 4.69) is 10.2 Å². The van der Waals surface area contributed by atoms with Crippen LogP contribution in [0.5, 0.6) is 0 Å². The third-order valence-electron chi connectivity index (χ3n) is 1.86. The van der Waals surface area contributed by atoms with Crippen LogP contribution in [0.4, 0.5) is 5.69 Å². The highest BCUT2D eigenvalue weighted by Gasteiger charge is 2.04. The Bertz CT molecular complexity index is 570. The van der Waals surface area contributed by atoms with Gasteiger partial charge >= 0.3 is 0 Å². The highest BCUT2D eigenvalue weighted by molar-refractivity contribution is 5.91. The van der Waals surface area contributed by atoms with Crippen LogP contribution in [0.25, 0.3) is 10.8 Å². The van der Waals surface area contributed by atoms with Gasteiger partial charge in [-0.3, -0.25) is 19.8 Å². The molecule has 6 nitrogen and oxygen atoms in total. The minimum absolute atomic E-state index is 0. The summed E-state index contributed by atoms with van der Waals surface area (Å²) in [5.74, 6) is 0. The van der Waals surface area contributed by atoms with E-state index in [1.165, 1.54) is 0 Å². The summed E-state index contributed by atoms with van der Waals surface area (Å²) in [6.07, 6.45) is 0. The molecule has 1 aromatic heterocycles. The molecule has 0 bridgehead atoms. The lowest BCUT2D eigenvalue weighted by molar-refractivity contribution is 0.824. The van der Waals surface area contributed by atoms with E-state index in [1.54, 1.807) is 18.2 Å². The molecular weight excluding hydrogens is 186 g/mol. The summed E-state index contributed by atoms with van der Waals surface area (Å²) in [5.41, 5.74) is 5.14. The molecule has 0 unspecified atom stereocenters. The number of aromatic amines is 2. The zero-order valence-electron chi connectivity index (χ0n) is 7.13. The van der Waals surface area contributed by atoms with Gasteiger partial charge in [0.1, 0.15) is 0 Å². The van der Waals surface area contributed by atoms with Crippen LogP contribution in [-0.4, -0.2) is 15.7 Å². The van der Waals surface area contributed by atoms with Crippen LogP contribution in [0.2, 0.25) is 0 Å². The Kier molecular flexibility index (Phi) is 2.39. The van der Waals surface area contributed by atoms with Gasteiger partial charge in [0.25, 0.3) is 11.1 Å². The molecule has 2 aromatic rings. The molecule has 0 spiro atoms. The van der Waals surface area contributed by atoms with Crippen LogP contribution in [-0.2, 0) is 0 Å². The smallest absolute Gasteiger partial charge is 0.272 e. The Hall–Kier alpha value is -2.08. The van der Waals surface area contributed by atoms with E-state index in [9.17, 15) is 9.59 Å². The molecule has 0 radical (unpaired) electrons. The van der Waals surface area contributed by atoms with Crippen LogP contribution >= 0.6 is 0 Å². The van der Waals surface area contributed by atoms with Gasteiger partial charge in [0.05, 0.1) is 10.8 Å². The normalized spacial score (nSPS) is 9.71. The summed E-state index contributed by atoms with van der Waals surface area (Å²) in [6, 6.07) is 4.77. The molecule has 0 aliphatic rings. The second-order valence-corrected chi connectivity index (χ2v) is 2.68. The Morgan fingerprint density at radius 1 is 1.07 bits per heavy atom. The summed E-state index contributed by atoms with van der Waals surface area (Å²) in [6.45, 7) is 0. The van der Waals surface area contributed by atoms with Crippen molar-refractivity contribution in [1.29, 1.82) is 0 Å². The lowest BCUT2D eigenvalue weighted by atomic mass is 10.2. The van der Waals surface area contributed by atoms with Gasteiger partial charge in [-0.05, 0) is 12.1 Å². The summed E-state index contributed by atoms with van der Waals surface area (Å²) >= 11 is 0. The number of benzene rings is 1. The maximum absolute atomic E-state index is 11.2. The molecule has 6 N–H and O–H groups in total. The monoisotopic (exact) mass is 195 g/mol. The molecule has 0 saturated heterocycles. The number of hydrogen-bond donors (Lipinski definition) is 3.